The molecule has 2 aromatic rings. The van der Waals surface area contributed by atoms with Crippen LogP contribution >= 0.6 is 11.6 Å². The van der Waals surface area contributed by atoms with Gasteiger partial charge < -0.3 is 15.4 Å². The average molecular weight is 347 g/mol. The lowest BCUT2D eigenvalue weighted by Crippen LogP contribution is -2.34. The molecule has 0 atom stereocenters. The van der Waals surface area contributed by atoms with Crippen molar-refractivity contribution < 1.29 is 14.3 Å². The molecule has 2 aromatic carbocycles. The van der Waals surface area contributed by atoms with E-state index in [0.29, 0.717) is 35.8 Å². The van der Waals surface area contributed by atoms with Gasteiger partial charge >= 0.3 is 0 Å². The van der Waals surface area contributed by atoms with Crippen molar-refractivity contribution in [1.82, 2.24) is 10.6 Å². The summed E-state index contributed by atoms with van der Waals surface area (Å²) in [6.45, 7) is 3.16. The number of amides is 2. The minimum atomic E-state index is -0.206. The van der Waals surface area contributed by atoms with Gasteiger partial charge in [-0.15, -0.1) is 0 Å². The normalized spacial score (nSPS) is 10.1. The minimum Gasteiger partial charge on any atom is -0.494 e. The Kier molecular flexibility index (Phi) is 6.63. The Morgan fingerprint density at radius 1 is 0.875 bits per heavy atom. The summed E-state index contributed by atoms with van der Waals surface area (Å²) in [5, 5.41) is 6.06. The lowest BCUT2D eigenvalue weighted by molar-refractivity contribution is 0.0927. The number of carbonyl (C=O) groups excluding carboxylic acids is 2. The number of rotatable bonds is 7. The van der Waals surface area contributed by atoms with Crippen molar-refractivity contribution in [2.24, 2.45) is 0 Å². The average Bonchev–Trinajstić information content (AvgIpc) is 2.60. The van der Waals surface area contributed by atoms with Crippen molar-refractivity contribution in [3.05, 3.63) is 64.7 Å². The van der Waals surface area contributed by atoms with Crippen molar-refractivity contribution in [2.75, 3.05) is 19.7 Å². The molecular formula is C18H19ClN2O3. The molecule has 0 heterocycles. The van der Waals surface area contributed by atoms with Gasteiger partial charge in [-0.1, -0.05) is 11.6 Å². The quantitative estimate of drug-likeness (QED) is 0.757. The van der Waals surface area contributed by atoms with Gasteiger partial charge in [-0.05, 0) is 55.5 Å². The summed E-state index contributed by atoms with van der Waals surface area (Å²) in [5.41, 5.74) is 1.07. The monoisotopic (exact) mass is 346 g/mol. The van der Waals surface area contributed by atoms with Gasteiger partial charge in [-0.3, -0.25) is 9.59 Å². The van der Waals surface area contributed by atoms with E-state index in [-0.39, 0.29) is 11.8 Å². The second kappa shape index (κ2) is 8.93. The third kappa shape index (κ3) is 5.28. The molecule has 0 aliphatic heterocycles. The minimum absolute atomic E-state index is 0.196. The molecular weight excluding hydrogens is 328 g/mol. The number of halogens is 1. The first kappa shape index (κ1) is 17.8. The molecule has 2 N–H and O–H groups in total. The van der Waals surface area contributed by atoms with Crippen LogP contribution in [0, 0.1) is 0 Å². The molecule has 5 nitrogen and oxygen atoms in total. The molecule has 0 saturated carbocycles. The fraction of sp³-hybridized carbons (Fsp3) is 0.222. The van der Waals surface area contributed by atoms with Gasteiger partial charge in [0.05, 0.1) is 6.61 Å². The maximum Gasteiger partial charge on any atom is 0.251 e. The lowest BCUT2D eigenvalue weighted by Gasteiger charge is -2.08. The summed E-state index contributed by atoms with van der Waals surface area (Å²) in [6, 6.07) is 13.5. The summed E-state index contributed by atoms with van der Waals surface area (Å²) in [5.74, 6) is 0.324. The topological polar surface area (TPSA) is 67.4 Å². The highest BCUT2D eigenvalue weighted by atomic mass is 35.5. The third-order valence-corrected chi connectivity index (χ3v) is 3.48. The predicted molar refractivity (Wildman–Crippen MR) is 93.7 cm³/mol. The molecule has 0 spiro atoms. The van der Waals surface area contributed by atoms with Crippen LogP contribution in [0.4, 0.5) is 0 Å². The second-order valence-corrected chi connectivity index (χ2v) is 5.41. The highest BCUT2D eigenvalue weighted by Crippen LogP contribution is 2.12. The van der Waals surface area contributed by atoms with E-state index in [0.717, 1.165) is 5.75 Å². The zero-order valence-electron chi connectivity index (χ0n) is 13.3. The number of hydrogen-bond acceptors (Lipinski definition) is 3. The van der Waals surface area contributed by atoms with Crippen LogP contribution in [0.25, 0.3) is 0 Å². The Morgan fingerprint density at radius 3 is 1.79 bits per heavy atom. The molecule has 0 aromatic heterocycles. The Hall–Kier alpha value is -2.53. The first-order valence-corrected chi connectivity index (χ1v) is 8.02. The SMILES string of the molecule is CCOc1ccc(C(=O)NCCNC(=O)c2ccc(Cl)cc2)cc1. The van der Waals surface area contributed by atoms with Crippen molar-refractivity contribution in [2.45, 2.75) is 6.92 Å². The summed E-state index contributed by atoms with van der Waals surface area (Å²) >= 11 is 5.78. The van der Waals surface area contributed by atoms with E-state index in [1.54, 1.807) is 48.5 Å². The van der Waals surface area contributed by atoms with Crippen molar-refractivity contribution in [3.8, 4) is 5.75 Å². The van der Waals surface area contributed by atoms with E-state index in [2.05, 4.69) is 10.6 Å². The molecule has 0 unspecified atom stereocenters. The Labute approximate surface area is 146 Å². The van der Waals surface area contributed by atoms with Crippen LogP contribution in [0.1, 0.15) is 27.6 Å². The number of hydrogen-bond donors (Lipinski definition) is 2. The molecule has 2 rings (SSSR count). The Balaban J connectivity index is 1.74. The third-order valence-electron chi connectivity index (χ3n) is 3.23. The van der Waals surface area contributed by atoms with Gasteiger partial charge in [-0.2, -0.15) is 0 Å². The van der Waals surface area contributed by atoms with E-state index in [4.69, 9.17) is 16.3 Å². The van der Waals surface area contributed by atoms with Crippen LogP contribution in [0.5, 0.6) is 5.75 Å². The van der Waals surface area contributed by atoms with Gasteiger partial charge in [0.15, 0.2) is 0 Å². The van der Waals surface area contributed by atoms with E-state index in [1.807, 2.05) is 6.92 Å². The molecule has 2 amide bonds. The Morgan fingerprint density at radius 2 is 1.33 bits per heavy atom. The zero-order valence-corrected chi connectivity index (χ0v) is 14.1. The van der Waals surface area contributed by atoms with Crippen LogP contribution in [-0.4, -0.2) is 31.5 Å². The molecule has 126 valence electrons. The van der Waals surface area contributed by atoms with Crippen molar-refractivity contribution in [3.63, 3.8) is 0 Å². The van der Waals surface area contributed by atoms with Gasteiger partial charge in [0.25, 0.3) is 11.8 Å². The van der Waals surface area contributed by atoms with Crippen LogP contribution in [0.15, 0.2) is 48.5 Å². The molecule has 6 heteroatoms. The summed E-state index contributed by atoms with van der Waals surface area (Å²) in [7, 11) is 0. The molecule has 0 aliphatic carbocycles. The standard InChI is InChI=1S/C18H19ClN2O3/c1-2-24-16-9-5-14(6-10-16)18(23)21-12-11-20-17(22)13-3-7-15(19)8-4-13/h3-10H,2,11-12H2,1H3,(H,20,22)(H,21,23). The zero-order chi connectivity index (χ0) is 17.4. The highest BCUT2D eigenvalue weighted by molar-refractivity contribution is 6.30. The van der Waals surface area contributed by atoms with Crippen LogP contribution in [0.2, 0.25) is 5.02 Å². The van der Waals surface area contributed by atoms with Crippen molar-refractivity contribution in [1.29, 1.82) is 0 Å². The molecule has 0 aliphatic rings. The van der Waals surface area contributed by atoms with E-state index in [9.17, 15) is 9.59 Å². The number of nitrogens with one attached hydrogen (secondary N) is 2. The summed E-state index contributed by atoms with van der Waals surface area (Å²) in [6.07, 6.45) is 0. The lowest BCUT2D eigenvalue weighted by atomic mass is 10.2. The first-order valence-electron chi connectivity index (χ1n) is 7.65. The largest absolute Gasteiger partial charge is 0.494 e. The van der Waals surface area contributed by atoms with Crippen LogP contribution < -0.4 is 15.4 Å². The maximum absolute atomic E-state index is 12.0. The van der Waals surface area contributed by atoms with Gasteiger partial charge in [-0.25, -0.2) is 0 Å². The summed E-state index contributed by atoms with van der Waals surface area (Å²) in [4.78, 5) is 23.9. The fourth-order valence-corrected chi connectivity index (χ4v) is 2.15. The van der Waals surface area contributed by atoms with Gasteiger partial charge in [0.2, 0.25) is 0 Å². The molecule has 0 fully saturated rings. The van der Waals surface area contributed by atoms with E-state index < -0.39 is 0 Å². The molecule has 0 bridgehead atoms. The van der Waals surface area contributed by atoms with E-state index >= 15 is 0 Å². The molecule has 0 radical (unpaired) electrons. The number of carbonyl (C=O) groups is 2. The summed E-state index contributed by atoms with van der Waals surface area (Å²) < 4.78 is 5.33. The van der Waals surface area contributed by atoms with Crippen LogP contribution in [0.3, 0.4) is 0 Å². The van der Waals surface area contributed by atoms with Gasteiger partial charge in [0, 0.05) is 29.2 Å². The maximum atomic E-state index is 12.0. The van der Waals surface area contributed by atoms with E-state index in [1.165, 1.54) is 0 Å². The number of benzene rings is 2. The Bertz CT molecular complexity index is 684. The second-order valence-electron chi connectivity index (χ2n) is 4.98. The molecule has 24 heavy (non-hydrogen) atoms. The van der Waals surface area contributed by atoms with Crippen LogP contribution in [-0.2, 0) is 0 Å². The predicted octanol–water partition coefficient (Wildman–Crippen LogP) is 2.90. The number of ether oxygens (including phenoxy) is 1. The first-order chi connectivity index (χ1) is 11.6. The highest BCUT2D eigenvalue weighted by Gasteiger charge is 2.07. The smallest absolute Gasteiger partial charge is 0.251 e. The van der Waals surface area contributed by atoms with Gasteiger partial charge in [0.1, 0.15) is 5.75 Å². The van der Waals surface area contributed by atoms with Crippen molar-refractivity contribution >= 4 is 23.4 Å². The fourth-order valence-electron chi connectivity index (χ4n) is 2.03. The molecule has 0 saturated heterocycles.